The first-order valence-corrected chi connectivity index (χ1v) is 5.88. The second-order valence-corrected chi connectivity index (χ2v) is 4.54. The minimum absolute atomic E-state index is 0.899. The van der Waals surface area contributed by atoms with Crippen LogP contribution >= 0.6 is 12.2 Å². The van der Waals surface area contributed by atoms with Crippen LogP contribution in [0.4, 0.5) is 0 Å². The molecule has 0 bridgehead atoms. The number of likely N-dealkylation sites (N-methyl/N-ethyl adjacent to an activating group) is 1. The van der Waals surface area contributed by atoms with Crippen molar-refractivity contribution >= 4 is 17.2 Å². The fraction of sp³-hybridized carbons (Fsp3) is 0.545. The van der Waals surface area contributed by atoms with Crippen LogP contribution in [0.5, 0.6) is 0 Å². The molecule has 0 atom stereocenters. The molecular formula is C11H16N4S. The lowest BCUT2D eigenvalue weighted by molar-refractivity contribution is 0.271. The molecule has 1 aromatic rings. The Balaban J connectivity index is 1.84. The molecule has 0 saturated carbocycles. The summed E-state index contributed by atoms with van der Waals surface area (Å²) in [7, 11) is 2.10. The summed E-state index contributed by atoms with van der Waals surface area (Å²) in [6.07, 6.45) is 6.17. The number of hydrogen-bond donors (Lipinski definition) is 0. The molecule has 1 saturated heterocycles. The van der Waals surface area contributed by atoms with Crippen LogP contribution in [0.15, 0.2) is 18.6 Å². The summed E-state index contributed by atoms with van der Waals surface area (Å²) in [5.74, 6) is 0. The number of hydrogen-bond acceptors (Lipinski definition) is 4. The summed E-state index contributed by atoms with van der Waals surface area (Å²) in [6, 6.07) is 0. The van der Waals surface area contributed by atoms with Gasteiger partial charge in [0, 0.05) is 51.2 Å². The zero-order valence-electron chi connectivity index (χ0n) is 9.46. The van der Waals surface area contributed by atoms with Gasteiger partial charge in [-0.1, -0.05) is 12.2 Å². The van der Waals surface area contributed by atoms with Gasteiger partial charge in [-0.25, -0.2) is 0 Å². The number of rotatable bonds is 3. The molecule has 16 heavy (non-hydrogen) atoms. The maximum atomic E-state index is 5.37. The van der Waals surface area contributed by atoms with E-state index in [0.29, 0.717) is 0 Å². The number of piperazine rings is 1. The van der Waals surface area contributed by atoms with Crippen molar-refractivity contribution in [3.05, 3.63) is 24.3 Å². The van der Waals surface area contributed by atoms with Gasteiger partial charge in [-0.05, 0) is 7.05 Å². The van der Waals surface area contributed by atoms with E-state index in [0.717, 1.165) is 43.3 Å². The molecule has 86 valence electrons. The molecule has 5 heteroatoms. The normalized spacial score (nSPS) is 17.8. The van der Waals surface area contributed by atoms with Gasteiger partial charge < -0.3 is 4.90 Å². The van der Waals surface area contributed by atoms with Crippen molar-refractivity contribution in [3.8, 4) is 0 Å². The van der Waals surface area contributed by atoms with Gasteiger partial charge in [-0.15, -0.1) is 0 Å². The van der Waals surface area contributed by atoms with Crippen LogP contribution in [0, 0.1) is 0 Å². The number of nitrogens with zero attached hydrogens (tertiary/aromatic N) is 4. The van der Waals surface area contributed by atoms with E-state index in [9.17, 15) is 0 Å². The summed E-state index contributed by atoms with van der Waals surface area (Å²) >= 11 is 5.37. The van der Waals surface area contributed by atoms with Crippen molar-refractivity contribution in [1.82, 2.24) is 19.8 Å². The molecule has 0 spiro atoms. The summed E-state index contributed by atoms with van der Waals surface area (Å²) < 4.78 is 0. The monoisotopic (exact) mass is 236 g/mol. The highest BCUT2D eigenvalue weighted by atomic mass is 32.1. The summed E-state index contributed by atoms with van der Waals surface area (Å²) in [5, 5.41) is 0. The molecule has 1 aromatic heterocycles. The highest BCUT2D eigenvalue weighted by molar-refractivity contribution is 7.80. The van der Waals surface area contributed by atoms with Crippen molar-refractivity contribution in [3.63, 3.8) is 0 Å². The topological polar surface area (TPSA) is 32.3 Å². The lowest BCUT2D eigenvalue weighted by Gasteiger charge is -2.34. The van der Waals surface area contributed by atoms with Gasteiger partial charge in [0.1, 0.15) is 0 Å². The quantitative estimate of drug-likeness (QED) is 0.717. The van der Waals surface area contributed by atoms with Crippen LogP contribution in [0.1, 0.15) is 5.69 Å². The molecular weight excluding hydrogens is 220 g/mol. The van der Waals surface area contributed by atoms with Crippen LogP contribution in [0.2, 0.25) is 0 Å². The highest BCUT2D eigenvalue weighted by Crippen LogP contribution is 2.04. The van der Waals surface area contributed by atoms with E-state index < -0.39 is 0 Å². The van der Waals surface area contributed by atoms with E-state index in [-0.39, 0.29) is 0 Å². The van der Waals surface area contributed by atoms with Crippen molar-refractivity contribution in [1.29, 1.82) is 0 Å². The maximum Gasteiger partial charge on any atom is 0.0922 e. The van der Waals surface area contributed by atoms with Crippen molar-refractivity contribution in [2.75, 3.05) is 33.2 Å². The Hall–Kier alpha value is -1.07. The van der Waals surface area contributed by atoms with E-state index in [4.69, 9.17) is 12.2 Å². The Kier molecular flexibility index (Phi) is 3.79. The van der Waals surface area contributed by atoms with Gasteiger partial charge in [0.05, 0.1) is 10.7 Å². The molecule has 0 amide bonds. The molecule has 1 aliphatic heterocycles. The van der Waals surface area contributed by atoms with Gasteiger partial charge in [-0.2, -0.15) is 0 Å². The largest absolute Gasteiger partial charge is 0.363 e. The molecule has 2 rings (SSSR count). The fourth-order valence-electron chi connectivity index (χ4n) is 1.77. The lowest BCUT2D eigenvalue weighted by Crippen LogP contribution is -2.48. The van der Waals surface area contributed by atoms with Gasteiger partial charge in [-0.3, -0.25) is 14.9 Å². The van der Waals surface area contributed by atoms with E-state index in [1.807, 2.05) is 6.20 Å². The van der Waals surface area contributed by atoms with E-state index in [1.54, 1.807) is 12.4 Å². The Morgan fingerprint density at radius 1 is 1.38 bits per heavy atom. The van der Waals surface area contributed by atoms with Crippen molar-refractivity contribution < 1.29 is 0 Å². The maximum absolute atomic E-state index is 5.37. The van der Waals surface area contributed by atoms with E-state index in [2.05, 4.69) is 26.8 Å². The standard InChI is InChI=1S/C11H16N4S/c1-14-6-7-15(11(16)9-14)5-2-10-8-12-3-4-13-10/h3-4,8H,2,5-7,9H2,1H3. The molecule has 0 aliphatic carbocycles. The zero-order chi connectivity index (χ0) is 11.4. The Morgan fingerprint density at radius 3 is 2.94 bits per heavy atom. The second kappa shape index (κ2) is 5.32. The summed E-state index contributed by atoms with van der Waals surface area (Å²) in [6.45, 7) is 3.96. The Labute approximate surface area is 101 Å². The molecule has 1 fully saturated rings. The molecule has 0 N–H and O–H groups in total. The highest BCUT2D eigenvalue weighted by Gasteiger charge is 2.17. The Morgan fingerprint density at radius 2 is 2.25 bits per heavy atom. The molecule has 0 unspecified atom stereocenters. The lowest BCUT2D eigenvalue weighted by atomic mass is 10.2. The third-order valence-corrected chi connectivity index (χ3v) is 3.15. The van der Waals surface area contributed by atoms with E-state index in [1.165, 1.54) is 0 Å². The third-order valence-electron chi connectivity index (χ3n) is 2.76. The predicted octanol–water partition coefficient (Wildman–Crippen LogP) is 0.594. The first kappa shape index (κ1) is 11.4. The molecule has 1 aliphatic rings. The molecule has 4 nitrogen and oxygen atoms in total. The fourth-order valence-corrected chi connectivity index (χ4v) is 2.17. The zero-order valence-corrected chi connectivity index (χ0v) is 10.3. The Bertz CT molecular complexity index is 354. The van der Waals surface area contributed by atoms with Gasteiger partial charge in [0.25, 0.3) is 0 Å². The van der Waals surface area contributed by atoms with Crippen molar-refractivity contribution in [2.45, 2.75) is 6.42 Å². The molecule has 2 heterocycles. The van der Waals surface area contributed by atoms with Gasteiger partial charge in [0.15, 0.2) is 0 Å². The first-order chi connectivity index (χ1) is 7.75. The summed E-state index contributed by atoms with van der Waals surface area (Å²) in [5.41, 5.74) is 1.03. The van der Waals surface area contributed by atoms with Gasteiger partial charge >= 0.3 is 0 Å². The van der Waals surface area contributed by atoms with Crippen LogP contribution in [0.25, 0.3) is 0 Å². The minimum atomic E-state index is 0.899. The predicted molar refractivity (Wildman–Crippen MR) is 67.4 cm³/mol. The molecule has 0 radical (unpaired) electrons. The van der Waals surface area contributed by atoms with Crippen LogP contribution < -0.4 is 0 Å². The second-order valence-electron chi connectivity index (χ2n) is 4.07. The SMILES string of the molecule is CN1CCN(CCc2cnccn2)C(=S)C1. The average molecular weight is 236 g/mol. The first-order valence-electron chi connectivity index (χ1n) is 5.47. The average Bonchev–Trinajstić information content (AvgIpc) is 2.29. The summed E-state index contributed by atoms with van der Waals surface area (Å²) in [4.78, 5) is 13.9. The minimum Gasteiger partial charge on any atom is -0.363 e. The van der Waals surface area contributed by atoms with Crippen LogP contribution in [-0.4, -0.2) is 58.0 Å². The van der Waals surface area contributed by atoms with Crippen molar-refractivity contribution in [2.24, 2.45) is 0 Å². The molecule has 0 aromatic carbocycles. The van der Waals surface area contributed by atoms with Crippen LogP contribution in [-0.2, 0) is 6.42 Å². The van der Waals surface area contributed by atoms with Crippen LogP contribution in [0.3, 0.4) is 0 Å². The smallest absolute Gasteiger partial charge is 0.0922 e. The number of aromatic nitrogens is 2. The van der Waals surface area contributed by atoms with Gasteiger partial charge in [0.2, 0.25) is 0 Å². The third kappa shape index (κ3) is 2.96. The number of thiocarbonyl (C=S) groups is 1. The van der Waals surface area contributed by atoms with E-state index >= 15 is 0 Å².